The van der Waals surface area contributed by atoms with Crippen molar-refractivity contribution in [1.82, 2.24) is 9.78 Å². The van der Waals surface area contributed by atoms with Crippen LogP contribution in [-0.4, -0.2) is 21.2 Å². The molecule has 0 fully saturated rings. The second-order valence-electron chi connectivity index (χ2n) is 4.47. The number of aromatic nitrogens is 2. The number of anilines is 1. The van der Waals surface area contributed by atoms with E-state index in [9.17, 15) is 10.1 Å². The van der Waals surface area contributed by atoms with Crippen molar-refractivity contribution in [3.63, 3.8) is 0 Å². The highest BCUT2D eigenvalue weighted by atomic mass is 16.6. The van der Waals surface area contributed by atoms with Crippen LogP contribution >= 0.6 is 0 Å². The Morgan fingerprint density at radius 2 is 2.19 bits per heavy atom. The average molecular weight is 284 g/mol. The lowest BCUT2D eigenvalue weighted by molar-refractivity contribution is -0.384. The summed E-state index contributed by atoms with van der Waals surface area (Å²) in [5, 5.41) is 15.5. The molecule has 0 unspecified atom stereocenters. The summed E-state index contributed by atoms with van der Waals surface area (Å²) in [6, 6.07) is 8.59. The van der Waals surface area contributed by atoms with Gasteiger partial charge in [0.25, 0.3) is 5.69 Å². The van der Waals surface area contributed by atoms with E-state index >= 15 is 0 Å². The van der Waals surface area contributed by atoms with Gasteiger partial charge in [-0.3, -0.25) is 14.8 Å². The molecule has 0 atom stereocenters. The molecule has 0 N–H and O–H groups in total. The predicted octanol–water partition coefficient (Wildman–Crippen LogP) is 2.45. The summed E-state index contributed by atoms with van der Waals surface area (Å²) >= 11 is 0. The molecule has 0 saturated heterocycles. The number of hydrogen-bond donors (Lipinski definition) is 0. The lowest BCUT2D eigenvalue weighted by Gasteiger charge is -2.21. The number of terminal acetylenes is 1. The van der Waals surface area contributed by atoms with E-state index in [1.165, 1.54) is 6.07 Å². The maximum absolute atomic E-state index is 11.1. The SMILES string of the molecule is C#CCn1ccc(CN(CC)c2ccccc2[N+](=O)[O-])n1. The molecule has 1 aromatic carbocycles. The van der Waals surface area contributed by atoms with Gasteiger partial charge >= 0.3 is 0 Å². The third-order valence-corrected chi connectivity index (χ3v) is 3.10. The van der Waals surface area contributed by atoms with Crippen LogP contribution in [0.25, 0.3) is 0 Å². The fourth-order valence-corrected chi connectivity index (χ4v) is 2.12. The molecule has 0 aliphatic rings. The number of hydrogen-bond acceptors (Lipinski definition) is 4. The second kappa shape index (κ2) is 6.57. The molecule has 6 heteroatoms. The van der Waals surface area contributed by atoms with Gasteiger partial charge in [-0.15, -0.1) is 6.42 Å². The number of para-hydroxylation sites is 2. The van der Waals surface area contributed by atoms with Gasteiger partial charge in [-0.25, -0.2) is 0 Å². The largest absolute Gasteiger partial charge is 0.360 e. The molecule has 0 aliphatic carbocycles. The van der Waals surface area contributed by atoms with Crippen LogP contribution in [0.3, 0.4) is 0 Å². The zero-order chi connectivity index (χ0) is 15.2. The van der Waals surface area contributed by atoms with Crippen molar-refractivity contribution >= 4 is 11.4 Å². The minimum absolute atomic E-state index is 0.0995. The summed E-state index contributed by atoms with van der Waals surface area (Å²) in [5.74, 6) is 2.52. The van der Waals surface area contributed by atoms with Crippen LogP contribution in [-0.2, 0) is 13.1 Å². The monoisotopic (exact) mass is 284 g/mol. The predicted molar refractivity (Wildman–Crippen MR) is 80.9 cm³/mol. The van der Waals surface area contributed by atoms with Crippen molar-refractivity contribution < 1.29 is 4.92 Å². The lowest BCUT2D eigenvalue weighted by atomic mass is 10.2. The topological polar surface area (TPSA) is 64.2 Å². The fourth-order valence-electron chi connectivity index (χ4n) is 2.12. The maximum Gasteiger partial charge on any atom is 0.292 e. The highest BCUT2D eigenvalue weighted by Gasteiger charge is 2.18. The summed E-state index contributed by atoms with van der Waals surface area (Å²) in [6.45, 7) is 3.51. The molecule has 2 aromatic rings. The molecule has 0 spiro atoms. The molecule has 0 aliphatic heterocycles. The zero-order valence-electron chi connectivity index (χ0n) is 11.8. The first-order chi connectivity index (χ1) is 10.2. The molecule has 108 valence electrons. The van der Waals surface area contributed by atoms with Crippen LogP contribution < -0.4 is 4.90 Å². The van der Waals surface area contributed by atoms with Crippen LogP contribution in [0, 0.1) is 22.5 Å². The summed E-state index contributed by atoms with van der Waals surface area (Å²) in [4.78, 5) is 12.7. The number of nitro benzene ring substituents is 1. The standard InChI is InChI=1S/C15H16N4O2/c1-3-10-18-11-9-13(16-18)12-17(4-2)14-7-5-6-8-15(14)19(20)21/h1,5-9,11H,4,10,12H2,2H3. The van der Waals surface area contributed by atoms with Crippen molar-refractivity contribution in [3.8, 4) is 12.3 Å². The van der Waals surface area contributed by atoms with Gasteiger partial charge in [-0.2, -0.15) is 5.10 Å². The molecule has 2 rings (SSSR count). The van der Waals surface area contributed by atoms with E-state index in [-0.39, 0.29) is 10.6 Å². The van der Waals surface area contributed by atoms with Crippen LogP contribution in [0.1, 0.15) is 12.6 Å². The van der Waals surface area contributed by atoms with Crippen LogP contribution in [0.4, 0.5) is 11.4 Å². The van der Waals surface area contributed by atoms with Crippen LogP contribution in [0.5, 0.6) is 0 Å². The van der Waals surface area contributed by atoms with Gasteiger partial charge in [0.15, 0.2) is 0 Å². The number of nitro groups is 1. The molecule has 0 saturated carbocycles. The Bertz CT molecular complexity index is 672. The third kappa shape index (κ3) is 3.39. The average Bonchev–Trinajstić information content (AvgIpc) is 2.92. The van der Waals surface area contributed by atoms with Gasteiger partial charge in [0.05, 0.1) is 17.2 Å². The molecule has 0 bridgehead atoms. The molecular formula is C15H16N4O2. The molecule has 0 amide bonds. The number of rotatable bonds is 6. The van der Waals surface area contributed by atoms with Gasteiger partial charge in [-0.05, 0) is 19.1 Å². The van der Waals surface area contributed by atoms with Crippen molar-refractivity contribution in [2.75, 3.05) is 11.4 Å². The van der Waals surface area contributed by atoms with E-state index in [1.807, 2.05) is 24.1 Å². The summed E-state index contributed by atoms with van der Waals surface area (Å²) in [7, 11) is 0. The highest BCUT2D eigenvalue weighted by molar-refractivity contribution is 5.63. The highest BCUT2D eigenvalue weighted by Crippen LogP contribution is 2.28. The van der Waals surface area contributed by atoms with Gasteiger partial charge in [0.1, 0.15) is 12.2 Å². The quantitative estimate of drug-likeness (QED) is 0.464. The Hall–Kier alpha value is -2.81. The van der Waals surface area contributed by atoms with E-state index in [4.69, 9.17) is 6.42 Å². The summed E-state index contributed by atoms with van der Waals surface area (Å²) < 4.78 is 1.67. The molecule has 1 heterocycles. The first-order valence-electron chi connectivity index (χ1n) is 6.60. The minimum atomic E-state index is -0.366. The summed E-state index contributed by atoms with van der Waals surface area (Å²) in [5.41, 5.74) is 1.52. The molecule has 0 radical (unpaired) electrons. The Labute approximate surface area is 123 Å². The van der Waals surface area contributed by atoms with E-state index in [2.05, 4.69) is 11.0 Å². The first-order valence-corrected chi connectivity index (χ1v) is 6.60. The van der Waals surface area contributed by atoms with E-state index in [0.717, 1.165) is 5.69 Å². The Balaban J connectivity index is 2.24. The minimum Gasteiger partial charge on any atom is -0.360 e. The second-order valence-corrected chi connectivity index (χ2v) is 4.47. The third-order valence-electron chi connectivity index (χ3n) is 3.10. The fraction of sp³-hybridized carbons (Fsp3) is 0.267. The molecule has 6 nitrogen and oxygen atoms in total. The van der Waals surface area contributed by atoms with Gasteiger partial charge < -0.3 is 4.90 Å². The Morgan fingerprint density at radius 3 is 2.86 bits per heavy atom. The van der Waals surface area contributed by atoms with Gasteiger partial charge in [0.2, 0.25) is 0 Å². The number of benzene rings is 1. The summed E-state index contributed by atoms with van der Waals surface area (Å²) in [6.07, 6.45) is 7.05. The normalized spacial score (nSPS) is 10.1. The number of nitrogens with zero attached hydrogens (tertiary/aromatic N) is 4. The van der Waals surface area contributed by atoms with Crippen LogP contribution in [0.15, 0.2) is 36.5 Å². The van der Waals surface area contributed by atoms with E-state index in [0.29, 0.717) is 25.3 Å². The van der Waals surface area contributed by atoms with E-state index < -0.39 is 0 Å². The van der Waals surface area contributed by atoms with Crippen LogP contribution in [0.2, 0.25) is 0 Å². The van der Waals surface area contributed by atoms with E-state index in [1.54, 1.807) is 22.9 Å². The van der Waals surface area contributed by atoms with Gasteiger partial charge in [-0.1, -0.05) is 18.1 Å². The van der Waals surface area contributed by atoms with Crippen molar-refractivity contribution in [2.24, 2.45) is 0 Å². The Morgan fingerprint density at radius 1 is 1.43 bits per heavy atom. The Kier molecular flexibility index (Phi) is 4.57. The van der Waals surface area contributed by atoms with Crippen molar-refractivity contribution in [1.29, 1.82) is 0 Å². The van der Waals surface area contributed by atoms with Crippen molar-refractivity contribution in [2.45, 2.75) is 20.0 Å². The van der Waals surface area contributed by atoms with Gasteiger partial charge in [0, 0.05) is 18.8 Å². The lowest BCUT2D eigenvalue weighted by Crippen LogP contribution is -2.23. The molecular weight excluding hydrogens is 268 g/mol. The van der Waals surface area contributed by atoms with Crippen molar-refractivity contribution in [3.05, 3.63) is 52.3 Å². The molecule has 21 heavy (non-hydrogen) atoms. The maximum atomic E-state index is 11.1. The first kappa shape index (κ1) is 14.6. The smallest absolute Gasteiger partial charge is 0.292 e. The zero-order valence-corrected chi connectivity index (χ0v) is 11.8. The molecule has 1 aromatic heterocycles.